The molecular formula is C15H17N5. The SMILES string of the molecule is N#CCCN(Cc1ccnc(NN)c1)c1ccccc1. The van der Waals surface area contributed by atoms with Gasteiger partial charge < -0.3 is 10.3 Å². The van der Waals surface area contributed by atoms with Gasteiger partial charge in [-0.2, -0.15) is 5.26 Å². The first-order valence-electron chi connectivity index (χ1n) is 6.42. The number of nitriles is 1. The zero-order valence-corrected chi connectivity index (χ0v) is 11.2. The lowest BCUT2D eigenvalue weighted by molar-refractivity contribution is 0.797. The van der Waals surface area contributed by atoms with Crippen LogP contribution in [0.3, 0.4) is 0 Å². The third kappa shape index (κ3) is 3.70. The highest BCUT2D eigenvalue weighted by Crippen LogP contribution is 2.17. The summed E-state index contributed by atoms with van der Waals surface area (Å²) in [5.74, 6) is 6.01. The number of nitrogens with two attached hydrogens (primary N) is 1. The fraction of sp³-hybridized carbons (Fsp3) is 0.200. The van der Waals surface area contributed by atoms with Gasteiger partial charge in [-0.1, -0.05) is 18.2 Å². The third-order valence-electron chi connectivity index (χ3n) is 2.96. The van der Waals surface area contributed by atoms with Crippen molar-refractivity contribution in [1.82, 2.24) is 4.98 Å². The first kappa shape index (κ1) is 13.8. The molecule has 0 fully saturated rings. The van der Waals surface area contributed by atoms with Crippen LogP contribution in [0.2, 0.25) is 0 Å². The van der Waals surface area contributed by atoms with Crippen molar-refractivity contribution in [3.05, 3.63) is 54.2 Å². The number of hydrazine groups is 1. The molecule has 0 amide bonds. The lowest BCUT2D eigenvalue weighted by Gasteiger charge is -2.24. The summed E-state index contributed by atoms with van der Waals surface area (Å²) in [6, 6.07) is 16.1. The predicted molar refractivity (Wildman–Crippen MR) is 79.8 cm³/mol. The third-order valence-corrected chi connectivity index (χ3v) is 2.96. The van der Waals surface area contributed by atoms with Crippen LogP contribution in [0, 0.1) is 11.3 Å². The van der Waals surface area contributed by atoms with Crippen LogP contribution in [-0.2, 0) is 6.54 Å². The van der Waals surface area contributed by atoms with E-state index in [0.717, 1.165) is 11.3 Å². The minimum absolute atomic E-state index is 0.488. The molecule has 0 aliphatic rings. The molecule has 0 atom stereocenters. The molecule has 0 aliphatic carbocycles. The Kier molecular flexibility index (Phi) is 4.93. The molecule has 0 saturated carbocycles. The highest BCUT2D eigenvalue weighted by atomic mass is 15.2. The molecule has 0 bridgehead atoms. The van der Waals surface area contributed by atoms with Gasteiger partial charge in [0.15, 0.2) is 0 Å². The van der Waals surface area contributed by atoms with E-state index in [9.17, 15) is 0 Å². The lowest BCUT2D eigenvalue weighted by Crippen LogP contribution is -2.23. The second kappa shape index (κ2) is 7.12. The summed E-state index contributed by atoms with van der Waals surface area (Å²) in [6.45, 7) is 1.40. The number of para-hydroxylation sites is 1. The normalized spacial score (nSPS) is 9.80. The molecule has 3 N–H and O–H groups in total. The highest BCUT2D eigenvalue weighted by molar-refractivity contribution is 5.47. The van der Waals surface area contributed by atoms with Crippen molar-refractivity contribution < 1.29 is 0 Å². The van der Waals surface area contributed by atoms with E-state index < -0.39 is 0 Å². The summed E-state index contributed by atoms with van der Waals surface area (Å²) in [6.07, 6.45) is 2.21. The number of hydrogen-bond acceptors (Lipinski definition) is 5. The zero-order chi connectivity index (χ0) is 14.2. The highest BCUT2D eigenvalue weighted by Gasteiger charge is 2.07. The maximum Gasteiger partial charge on any atom is 0.140 e. The number of anilines is 2. The summed E-state index contributed by atoms with van der Waals surface area (Å²) >= 11 is 0. The second-order valence-electron chi connectivity index (χ2n) is 4.36. The van der Waals surface area contributed by atoms with E-state index in [1.54, 1.807) is 6.20 Å². The van der Waals surface area contributed by atoms with Gasteiger partial charge in [0.2, 0.25) is 0 Å². The van der Waals surface area contributed by atoms with E-state index in [-0.39, 0.29) is 0 Å². The van der Waals surface area contributed by atoms with Crippen molar-refractivity contribution in [2.75, 3.05) is 16.9 Å². The smallest absolute Gasteiger partial charge is 0.140 e. The summed E-state index contributed by atoms with van der Waals surface area (Å²) in [4.78, 5) is 6.26. The zero-order valence-electron chi connectivity index (χ0n) is 11.2. The summed E-state index contributed by atoms with van der Waals surface area (Å²) < 4.78 is 0. The number of aromatic nitrogens is 1. The van der Waals surface area contributed by atoms with Crippen LogP contribution in [0.4, 0.5) is 11.5 Å². The summed E-state index contributed by atoms with van der Waals surface area (Å²) in [7, 11) is 0. The Labute approximate surface area is 118 Å². The molecule has 20 heavy (non-hydrogen) atoms. The number of pyridine rings is 1. The Morgan fingerprint density at radius 3 is 2.75 bits per heavy atom. The van der Waals surface area contributed by atoms with Crippen molar-refractivity contribution in [2.45, 2.75) is 13.0 Å². The van der Waals surface area contributed by atoms with Gasteiger partial charge in [-0.3, -0.25) is 0 Å². The van der Waals surface area contributed by atoms with Crippen LogP contribution < -0.4 is 16.2 Å². The van der Waals surface area contributed by atoms with Gasteiger partial charge in [-0.25, -0.2) is 10.8 Å². The van der Waals surface area contributed by atoms with E-state index in [1.165, 1.54) is 0 Å². The van der Waals surface area contributed by atoms with E-state index in [2.05, 4.69) is 21.4 Å². The molecule has 2 aromatic rings. The summed E-state index contributed by atoms with van der Waals surface area (Å²) in [5, 5.41) is 8.80. The van der Waals surface area contributed by atoms with Crippen molar-refractivity contribution in [1.29, 1.82) is 5.26 Å². The van der Waals surface area contributed by atoms with Crippen LogP contribution in [0.1, 0.15) is 12.0 Å². The molecule has 0 aliphatic heterocycles. The fourth-order valence-electron chi connectivity index (χ4n) is 2.00. The molecular weight excluding hydrogens is 250 g/mol. The Hall–Kier alpha value is -2.58. The van der Waals surface area contributed by atoms with Gasteiger partial charge in [0.1, 0.15) is 5.82 Å². The number of nitrogen functional groups attached to an aromatic ring is 1. The number of hydrogen-bond donors (Lipinski definition) is 2. The quantitative estimate of drug-likeness (QED) is 0.620. The molecule has 0 radical (unpaired) electrons. The van der Waals surface area contributed by atoms with E-state index >= 15 is 0 Å². The molecule has 5 heteroatoms. The molecule has 0 saturated heterocycles. The molecule has 2 rings (SSSR count). The monoisotopic (exact) mass is 267 g/mol. The Morgan fingerprint density at radius 2 is 2.05 bits per heavy atom. The minimum atomic E-state index is 0.488. The molecule has 5 nitrogen and oxygen atoms in total. The van der Waals surface area contributed by atoms with Crippen LogP contribution in [0.25, 0.3) is 0 Å². The van der Waals surface area contributed by atoms with Gasteiger partial charge in [0, 0.05) is 25.0 Å². The van der Waals surface area contributed by atoms with Gasteiger partial charge in [-0.15, -0.1) is 0 Å². The maximum absolute atomic E-state index is 8.80. The standard InChI is InChI=1S/C15H17N5/c16-8-4-10-20(14-5-2-1-3-6-14)12-13-7-9-18-15(11-13)19-17/h1-3,5-7,9,11H,4,10,12,17H2,(H,18,19). The Balaban J connectivity index is 2.17. The topological polar surface area (TPSA) is 78.0 Å². The van der Waals surface area contributed by atoms with Crippen molar-refractivity contribution in [3.8, 4) is 6.07 Å². The number of rotatable bonds is 6. The molecule has 1 heterocycles. The second-order valence-corrected chi connectivity index (χ2v) is 4.36. The van der Waals surface area contributed by atoms with E-state index in [1.807, 2.05) is 42.5 Å². The first-order valence-corrected chi connectivity index (χ1v) is 6.42. The van der Waals surface area contributed by atoms with Crippen molar-refractivity contribution in [3.63, 3.8) is 0 Å². The van der Waals surface area contributed by atoms with Crippen molar-refractivity contribution in [2.24, 2.45) is 5.84 Å². The van der Waals surface area contributed by atoms with Crippen molar-refractivity contribution >= 4 is 11.5 Å². The summed E-state index contributed by atoms with van der Waals surface area (Å²) in [5.41, 5.74) is 4.73. The molecule has 102 valence electrons. The van der Waals surface area contributed by atoms with Gasteiger partial charge >= 0.3 is 0 Å². The van der Waals surface area contributed by atoms with Gasteiger partial charge in [0.25, 0.3) is 0 Å². The average Bonchev–Trinajstić information content (AvgIpc) is 2.52. The van der Waals surface area contributed by atoms with Crippen LogP contribution >= 0.6 is 0 Å². The number of nitrogens with one attached hydrogen (secondary N) is 1. The average molecular weight is 267 g/mol. The predicted octanol–water partition coefficient (Wildman–Crippen LogP) is 2.29. The largest absolute Gasteiger partial charge is 0.366 e. The van der Waals surface area contributed by atoms with Gasteiger partial charge in [0.05, 0.1) is 12.5 Å². The molecule has 1 aromatic heterocycles. The van der Waals surface area contributed by atoms with Crippen LogP contribution in [0.5, 0.6) is 0 Å². The molecule has 0 spiro atoms. The molecule has 1 aromatic carbocycles. The molecule has 0 unspecified atom stereocenters. The number of nitrogens with zero attached hydrogens (tertiary/aromatic N) is 3. The lowest BCUT2D eigenvalue weighted by atomic mass is 10.2. The fourth-order valence-corrected chi connectivity index (χ4v) is 2.00. The number of benzene rings is 1. The van der Waals surface area contributed by atoms with E-state index in [4.69, 9.17) is 11.1 Å². The Morgan fingerprint density at radius 1 is 1.25 bits per heavy atom. The van der Waals surface area contributed by atoms with Crippen LogP contribution in [0.15, 0.2) is 48.7 Å². The van der Waals surface area contributed by atoms with E-state index in [0.29, 0.717) is 25.3 Å². The van der Waals surface area contributed by atoms with Crippen LogP contribution in [-0.4, -0.2) is 11.5 Å². The minimum Gasteiger partial charge on any atom is -0.366 e. The van der Waals surface area contributed by atoms with Gasteiger partial charge in [-0.05, 0) is 29.8 Å². The first-order chi connectivity index (χ1) is 9.83. The Bertz CT molecular complexity index is 576. The maximum atomic E-state index is 8.80.